The fourth-order valence-electron chi connectivity index (χ4n) is 2.86. The second-order valence-electron chi connectivity index (χ2n) is 6.05. The van der Waals surface area contributed by atoms with E-state index in [1.165, 1.54) is 24.0 Å². The van der Waals surface area contributed by atoms with Crippen molar-refractivity contribution in [2.75, 3.05) is 13.1 Å². The standard InChI is InChI=1S/C17H25NO/c1-13-4-6-16(7-5-13)17(12-15(3)19)18-10-8-14(2)9-11-18/h4-7,14,17H,8-12H2,1-3H3. The summed E-state index contributed by atoms with van der Waals surface area (Å²) in [4.78, 5) is 14.1. The molecule has 1 fully saturated rings. The second kappa shape index (κ2) is 6.33. The van der Waals surface area contributed by atoms with Gasteiger partial charge in [0.2, 0.25) is 0 Å². The summed E-state index contributed by atoms with van der Waals surface area (Å²) in [7, 11) is 0. The Kier molecular flexibility index (Phi) is 4.76. The first-order valence-corrected chi connectivity index (χ1v) is 7.36. The monoisotopic (exact) mass is 259 g/mol. The SMILES string of the molecule is CC(=O)CC(c1ccc(C)cc1)N1CCC(C)CC1. The Morgan fingerprint density at radius 2 is 1.84 bits per heavy atom. The smallest absolute Gasteiger partial charge is 0.131 e. The quantitative estimate of drug-likeness (QED) is 0.821. The highest BCUT2D eigenvalue weighted by Gasteiger charge is 2.25. The predicted octanol–water partition coefficient (Wildman–Crippen LogP) is 3.75. The van der Waals surface area contributed by atoms with Gasteiger partial charge in [0.05, 0.1) is 0 Å². The van der Waals surface area contributed by atoms with Gasteiger partial charge in [-0.15, -0.1) is 0 Å². The zero-order chi connectivity index (χ0) is 13.8. The van der Waals surface area contributed by atoms with Crippen LogP contribution < -0.4 is 0 Å². The lowest BCUT2D eigenvalue weighted by Gasteiger charge is -2.36. The minimum atomic E-state index is 0.269. The van der Waals surface area contributed by atoms with Crippen LogP contribution in [0.4, 0.5) is 0 Å². The van der Waals surface area contributed by atoms with E-state index in [2.05, 4.69) is 43.0 Å². The molecule has 1 saturated heterocycles. The van der Waals surface area contributed by atoms with Gasteiger partial charge in [-0.05, 0) is 51.3 Å². The lowest BCUT2D eigenvalue weighted by atomic mass is 9.93. The molecule has 2 heteroatoms. The van der Waals surface area contributed by atoms with Gasteiger partial charge in [-0.25, -0.2) is 0 Å². The number of ketones is 1. The van der Waals surface area contributed by atoms with Crippen molar-refractivity contribution in [2.24, 2.45) is 5.92 Å². The third-order valence-corrected chi connectivity index (χ3v) is 4.20. The molecule has 0 spiro atoms. The molecule has 0 amide bonds. The van der Waals surface area contributed by atoms with Gasteiger partial charge in [0, 0.05) is 12.5 Å². The van der Waals surface area contributed by atoms with Crippen molar-refractivity contribution in [1.82, 2.24) is 4.90 Å². The normalized spacial score (nSPS) is 19.3. The van der Waals surface area contributed by atoms with Crippen molar-refractivity contribution in [3.05, 3.63) is 35.4 Å². The molecule has 1 aromatic carbocycles. The third kappa shape index (κ3) is 3.90. The van der Waals surface area contributed by atoms with Crippen LogP contribution in [0.1, 0.15) is 50.3 Å². The number of carbonyl (C=O) groups is 1. The molecule has 19 heavy (non-hydrogen) atoms. The molecular weight excluding hydrogens is 234 g/mol. The van der Waals surface area contributed by atoms with E-state index < -0.39 is 0 Å². The molecule has 0 radical (unpaired) electrons. The minimum absolute atomic E-state index is 0.269. The maximum absolute atomic E-state index is 11.6. The van der Waals surface area contributed by atoms with Crippen LogP contribution in [0.3, 0.4) is 0 Å². The number of carbonyl (C=O) groups excluding carboxylic acids is 1. The van der Waals surface area contributed by atoms with Gasteiger partial charge in [0.25, 0.3) is 0 Å². The van der Waals surface area contributed by atoms with Gasteiger partial charge >= 0.3 is 0 Å². The van der Waals surface area contributed by atoms with E-state index in [-0.39, 0.29) is 11.8 Å². The Morgan fingerprint density at radius 3 is 2.37 bits per heavy atom. The number of benzene rings is 1. The Morgan fingerprint density at radius 1 is 1.26 bits per heavy atom. The zero-order valence-corrected chi connectivity index (χ0v) is 12.4. The lowest BCUT2D eigenvalue weighted by Crippen LogP contribution is -2.37. The van der Waals surface area contributed by atoms with Gasteiger partial charge in [0.15, 0.2) is 0 Å². The number of piperidine rings is 1. The van der Waals surface area contributed by atoms with Crippen molar-refractivity contribution in [3.63, 3.8) is 0 Å². The number of likely N-dealkylation sites (tertiary alicyclic amines) is 1. The zero-order valence-electron chi connectivity index (χ0n) is 12.4. The van der Waals surface area contributed by atoms with Crippen LogP contribution in [0.5, 0.6) is 0 Å². The molecule has 0 saturated carbocycles. The van der Waals surface area contributed by atoms with E-state index in [1.807, 2.05) is 0 Å². The molecule has 1 aliphatic rings. The summed E-state index contributed by atoms with van der Waals surface area (Å²) in [5, 5.41) is 0. The number of rotatable bonds is 4. The Balaban J connectivity index is 2.15. The topological polar surface area (TPSA) is 20.3 Å². The summed E-state index contributed by atoms with van der Waals surface area (Å²) in [5.41, 5.74) is 2.56. The molecular formula is C17H25NO. The van der Waals surface area contributed by atoms with Crippen LogP contribution in [0, 0.1) is 12.8 Å². The molecule has 2 rings (SSSR count). The summed E-state index contributed by atoms with van der Waals surface area (Å²) < 4.78 is 0. The molecule has 1 unspecified atom stereocenters. The largest absolute Gasteiger partial charge is 0.300 e. The van der Waals surface area contributed by atoms with Gasteiger partial charge in [0.1, 0.15) is 5.78 Å². The highest BCUT2D eigenvalue weighted by Crippen LogP contribution is 2.29. The highest BCUT2D eigenvalue weighted by molar-refractivity contribution is 5.76. The molecule has 0 N–H and O–H groups in total. The van der Waals surface area contributed by atoms with Crippen LogP contribution in [0.15, 0.2) is 24.3 Å². The molecule has 0 aliphatic carbocycles. The first kappa shape index (κ1) is 14.3. The molecule has 1 atom stereocenters. The third-order valence-electron chi connectivity index (χ3n) is 4.20. The summed E-state index contributed by atoms with van der Waals surface area (Å²) in [5.74, 6) is 1.11. The number of hydrogen-bond donors (Lipinski definition) is 0. The number of nitrogens with zero attached hydrogens (tertiary/aromatic N) is 1. The maximum atomic E-state index is 11.6. The molecule has 0 aromatic heterocycles. The summed E-state index contributed by atoms with van der Waals surface area (Å²) in [6.45, 7) is 8.36. The summed E-state index contributed by atoms with van der Waals surface area (Å²) in [6.07, 6.45) is 3.14. The van der Waals surface area contributed by atoms with Crippen LogP contribution in [0.2, 0.25) is 0 Å². The van der Waals surface area contributed by atoms with E-state index in [0.717, 1.165) is 19.0 Å². The van der Waals surface area contributed by atoms with Crippen molar-refractivity contribution < 1.29 is 4.79 Å². The van der Waals surface area contributed by atoms with Crippen molar-refractivity contribution in [1.29, 1.82) is 0 Å². The molecule has 104 valence electrons. The number of hydrogen-bond acceptors (Lipinski definition) is 2. The fourth-order valence-corrected chi connectivity index (χ4v) is 2.86. The van der Waals surface area contributed by atoms with E-state index in [1.54, 1.807) is 6.92 Å². The number of Topliss-reactive ketones (excluding diaryl/α,β-unsaturated/α-hetero) is 1. The van der Waals surface area contributed by atoms with Gasteiger partial charge in [-0.3, -0.25) is 9.69 Å². The Hall–Kier alpha value is -1.15. The predicted molar refractivity (Wildman–Crippen MR) is 79.2 cm³/mol. The highest BCUT2D eigenvalue weighted by atomic mass is 16.1. The average Bonchev–Trinajstić information content (AvgIpc) is 2.38. The Labute approximate surface area is 116 Å². The molecule has 1 aliphatic heterocycles. The van der Waals surface area contributed by atoms with Gasteiger partial charge < -0.3 is 0 Å². The van der Waals surface area contributed by atoms with Crippen LogP contribution in [-0.4, -0.2) is 23.8 Å². The van der Waals surface area contributed by atoms with Gasteiger partial charge in [-0.2, -0.15) is 0 Å². The minimum Gasteiger partial charge on any atom is -0.300 e. The number of aryl methyl sites for hydroxylation is 1. The maximum Gasteiger partial charge on any atom is 0.131 e. The van der Waals surface area contributed by atoms with E-state index in [0.29, 0.717) is 6.42 Å². The van der Waals surface area contributed by atoms with Gasteiger partial charge in [-0.1, -0.05) is 36.8 Å². The van der Waals surface area contributed by atoms with Crippen molar-refractivity contribution in [2.45, 2.75) is 46.1 Å². The molecule has 1 aromatic rings. The van der Waals surface area contributed by atoms with Crippen molar-refractivity contribution in [3.8, 4) is 0 Å². The summed E-state index contributed by atoms with van der Waals surface area (Å²) >= 11 is 0. The van der Waals surface area contributed by atoms with E-state index >= 15 is 0 Å². The van der Waals surface area contributed by atoms with Crippen LogP contribution in [0.25, 0.3) is 0 Å². The lowest BCUT2D eigenvalue weighted by molar-refractivity contribution is -0.118. The van der Waals surface area contributed by atoms with Crippen LogP contribution >= 0.6 is 0 Å². The molecule has 0 bridgehead atoms. The molecule has 2 nitrogen and oxygen atoms in total. The second-order valence-corrected chi connectivity index (χ2v) is 6.05. The fraction of sp³-hybridized carbons (Fsp3) is 0.588. The first-order chi connectivity index (χ1) is 9.06. The summed E-state index contributed by atoms with van der Waals surface area (Å²) in [6, 6.07) is 8.93. The van der Waals surface area contributed by atoms with Crippen LogP contribution in [-0.2, 0) is 4.79 Å². The first-order valence-electron chi connectivity index (χ1n) is 7.36. The van der Waals surface area contributed by atoms with E-state index in [9.17, 15) is 4.79 Å². The van der Waals surface area contributed by atoms with Crippen molar-refractivity contribution >= 4 is 5.78 Å². The van der Waals surface area contributed by atoms with E-state index in [4.69, 9.17) is 0 Å². The Bertz CT molecular complexity index is 415. The molecule has 1 heterocycles. The average molecular weight is 259 g/mol.